The van der Waals surface area contributed by atoms with Crippen LogP contribution in [0.15, 0.2) is 91.0 Å². The van der Waals surface area contributed by atoms with E-state index in [4.69, 9.17) is 4.74 Å². The molecule has 1 N–H and O–H groups in total. The molecule has 8 nitrogen and oxygen atoms in total. The number of carbonyl (C=O) groups excluding carboxylic acids is 3. The molecule has 3 aromatic rings. The first-order valence-electron chi connectivity index (χ1n) is 16.6. The molecule has 244 valence electrons. The number of amides is 3. The number of rotatable bonds is 8. The second-order valence-electron chi connectivity index (χ2n) is 12.9. The number of nitrogens with zero attached hydrogens (tertiary/aromatic N) is 3. The van der Waals surface area contributed by atoms with Crippen molar-refractivity contribution >= 4 is 51.6 Å². The molecular formula is C38H41N3O5S. The molecule has 3 amide bonds. The summed E-state index contributed by atoms with van der Waals surface area (Å²) in [7, 11) is 0. The molecule has 9 heteroatoms. The summed E-state index contributed by atoms with van der Waals surface area (Å²) in [4.78, 5) is 49.7. The number of fused-ring (bicyclic) bond motifs is 3. The Balaban J connectivity index is 1.32. The van der Waals surface area contributed by atoms with E-state index in [1.807, 2.05) is 112 Å². The minimum absolute atomic E-state index is 0.0557. The van der Waals surface area contributed by atoms with E-state index in [1.54, 1.807) is 26.5 Å². The molecule has 0 aliphatic carbocycles. The number of carbonyl (C=O) groups is 3. The lowest BCUT2D eigenvalue weighted by atomic mass is 9.78. The minimum Gasteiger partial charge on any atom is -0.494 e. The molecule has 47 heavy (non-hydrogen) atoms. The summed E-state index contributed by atoms with van der Waals surface area (Å²) in [5.41, 5.74) is 1.49. The fraction of sp³-hybridized carbons (Fsp3) is 0.395. The second kappa shape index (κ2) is 12.5. The second-order valence-corrected chi connectivity index (χ2v) is 14.4. The summed E-state index contributed by atoms with van der Waals surface area (Å²) < 4.78 is 4.65. The number of ether oxygens (including phenoxy) is 1. The molecule has 0 bridgehead atoms. The molecular weight excluding hydrogens is 611 g/mol. The smallest absolute Gasteiger partial charge is 0.251 e. The zero-order valence-electron chi connectivity index (χ0n) is 27.0. The van der Waals surface area contributed by atoms with Gasteiger partial charge in [-0.2, -0.15) is 0 Å². The third-order valence-corrected chi connectivity index (χ3v) is 12.2. The Morgan fingerprint density at radius 2 is 1.60 bits per heavy atom. The quantitative estimate of drug-likeness (QED) is 0.326. The van der Waals surface area contributed by atoms with Crippen LogP contribution in [-0.2, 0) is 14.4 Å². The highest BCUT2D eigenvalue weighted by Gasteiger charge is 2.72. The number of likely N-dealkylation sites (tertiary alicyclic amines) is 1. The minimum atomic E-state index is -0.974. The summed E-state index contributed by atoms with van der Waals surface area (Å²) in [5.74, 6) is -1.32. The van der Waals surface area contributed by atoms with Crippen molar-refractivity contribution in [3.8, 4) is 5.75 Å². The van der Waals surface area contributed by atoms with Gasteiger partial charge in [0.15, 0.2) is 0 Å². The predicted molar refractivity (Wildman–Crippen MR) is 187 cm³/mol. The number of aliphatic hydroxyl groups excluding tert-OH is 1. The number of aliphatic hydroxyl groups is 1. The van der Waals surface area contributed by atoms with E-state index in [-0.39, 0.29) is 35.5 Å². The molecule has 7 rings (SSSR count). The Kier molecular flexibility index (Phi) is 8.39. The van der Waals surface area contributed by atoms with Crippen LogP contribution < -0.4 is 14.5 Å². The Hall–Kier alpha value is -4.08. The van der Waals surface area contributed by atoms with Crippen LogP contribution in [0.1, 0.15) is 27.2 Å². The van der Waals surface area contributed by atoms with Crippen LogP contribution in [-0.4, -0.2) is 76.1 Å². The maximum atomic E-state index is 15.0. The number of thioether (sulfide) groups is 1. The van der Waals surface area contributed by atoms with Crippen LogP contribution in [0.4, 0.5) is 11.4 Å². The molecule has 2 fully saturated rings. The van der Waals surface area contributed by atoms with Crippen LogP contribution in [0.2, 0.25) is 0 Å². The zero-order valence-corrected chi connectivity index (χ0v) is 27.8. The summed E-state index contributed by atoms with van der Waals surface area (Å²) in [6.07, 6.45) is 8.80. The third-order valence-electron chi connectivity index (χ3n) is 10.4. The molecule has 0 aromatic heterocycles. The summed E-state index contributed by atoms with van der Waals surface area (Å²) in [5, 5.41) is 12.6. The highest BCUT2D eigenvalue weighted by atomic mass is 32.2. The number of hydrogen-bond acceptors (Lipinski definition) is 6. The van der Waals surface area contributed by atoms with Crippen LogP contribution in [0.25, 0.3) is 10.8 Å². The lowest BCUT2D eigenvalue weighted by Gasteiger charge is -2.40. The zero-order chi connectivity index (χ0) is 32.9. The maximum Gasteiger partial charge on any atom is 0.251 e. The largest absolute Gasteiger partial charge is 0.494 e. The molecule has 3 aromatic carbocycles. The average Bonchev–Trinajstić information content (AvgIpc) is 3.40. The first-order chi connectivity index (χ1) is 22.8. The van der Waals surface area contributed by atoms with E-state index >= 15 is 0 Å². The van der Waals surface area contributed by atoms with Crippen molar-refractivity contribution in [1.82, 2.24) is 4.90 Å². The van der Waals surface area contributed by atoms with Crippen LogP contribution in [0.5, 0.6) is 5.75 Å². The summed E-state index contributed by atoms with van der Waals surface area (Å²) in [6, 6.07) is 20.0. The van der Waals surface area contributed by atoms with Gasteiger partial charge in [-0.25, -0.2) is 0 Å². The monoisotopic (exact) mass is 651 g/mol. The van der Waals surface area contributed by atoms with Crippen molar-refractivity contribution in [3.63, 3.8) is 0 Å². The van der Waals surface area contributed by atoms with Crippen molar-refractivity contribution in [2.24, 2.45) is 17.8 Å². The van der Waals surface area contributed by atoms with Gasteiger partial charge >= 0.3 is 0 Å². The van der Waals surface area contributed by atoms with Crippen LogP contribution >= 0.6 is 11.8 Å². The van der Waals surface area contributed by atoms with E-state index < -0.39 is 28.7 Å². The number of anilines is 2. The SMILES string of the molecule is CCOc1ccc(N2CC=C[C@@H]3S[C@]45C=CCN(c6ccc7ccccc7c6)C(=O)C4N([C@@H](CO)[C@@H](C)CC)C(=O)[C@@H]5[C@@H]3C2=O)cc1. The van der Waals surface area contributed by atoms with Crippen LogP contribution in [0, 0.1) is 17.8 Å². The molecule has 7 atom stereocenters. The highest BCUT2D eigenvalue weighted by molar-refractivity contribution is 8.02. The Morgan fingerprint density at radius 3 is 2.32 bits per heavy atom. The molecule has 1 spiro atoms. The van der Waals surface area contributed by atoms with Gasteiger partial charge in [0.25, 0.3) is 5.91 Å². The topological polar surface area (TPSA) is 90.4 Å². The molecule has 4 aliphatic heterocycles. The fourth-order valence-electron chi connectivity index (χ4n) is 7.95. The molecule has 1 unspecified atom stereocenters. The third kappa shape index (κ3) is 5.06. The van der Waals surface area contributed by atoms with Crippen molar-refractivity contribution < 1.29 is 24.2 Å². The van der Waals surface area contributed by atoms with Crippen molar-refractivity contribution in [2.75, 3.05) is 36.1 Å². The molecule has 4 heterocycles. The molecule has 2 saturated heterocycles. The maximum absolute atomic E-state index is 15.0. The van der Waals surface area contributed by atoms with E-state index in [9.17, 15) is 19.5 Å². The normalized spacial score (nSPS) is 28.2. The van der Waals surface area contributed by atoms with Gasteiger partial charge < -0.3 is 24.5 Å². The molecule has 0 saturated carbocycles. The van der Waals surface area contributed by atoms with E-state index in [0.29, 0.717) is 19.7 Å². The number of benzene rings is 3. The lowest BCUT2D eigenvalue weighted by Crippen LogP contribution is -2.58. The Bertz CT molecular complexity index is 1760. The lowest BCUT2D eigenvalue weighted by molar-refractivity contribution is -0.142. The van der Waals surface area contributed by atoms with E-state index in [2.05, 4.69) is 0 Å². The Labute approximate surface area is 280 Å². The van der Waals surface area contributed by atoms with Gasteiger partial charge in [0.05, 0.1) is 35.8 Å². The van der Waals surface area contributed by atoms with Crippen molar-refractivity contribution in [1.29, 1.82) is 0 Å². The van der Waals surface area contributed by atoms with Gasteiger partial charge in [-0.15, -0.1) is 11.8 Å². The van der Waals surface area contributed by atoms with E-state index in [1.165, 1.54) is 0 Å². The summed E-state index contributed by atoms with van der Waals surface area (Å²) >= 11 is 1.56. The van der Waals surface area contributed by atoms with Gasteiger partial charge in [-0.3, -0.25) is 14.4 Å². The number of hydrogen-bond donors (Lipinski definition) is 1. The molecule has 4 aliphatic rings. The van der Waals surface area contributed by atoms with Gasteiger partial charge in [0.2, 0.25) is 11.8 Å². The fourth-order valence-corrected chi connectivity index (χ4v) is 9.94. The molecule has 0 radical (unpaired) electrons. The van der Waals surface area contributed by atoms with Crippen LogP contribution in [0.3, 0.4) is 0 Å². The van der Waals surface area contributed by atoms with Crippen molar-refractivity contribution in [2.45, 2.75) is 49.3 Å². The van der Waals surface area contributed by atoms with Crippen molar-refractivity contribution in [3.05, 3.63) is 91.0 Å². The van der Waals surface area contributed by atoms with Gasteiger partial charge in [0.1, 0.15) is 11.8 Å². The summed E-state index contributed by atoms with van der Waals surface area (Å²) in [6.45, 7) is 6.97. The van der Waals surface area contributed by atoms with Gasteiger partial charge in [-0.1, -0.05) is 74.9 Å². The average molecular weight is 652 g/mol. The Morgan fingerprint density at radius 1 is 0.894 bits per heavy atom. The standard InChI is InChI=1S/C38H41N3O5S/c1-4-24(3)30(23-42)41-34-37(45)40(28-14-13-25-10-6-7-11-26(25)22-28)21-9-19-38(34)33(36(41)44)32-31(47-38)12-8-20-39(35(32)43)27-15-17-29(18-16-27)46-5-2/h6-19,22,24,30-34,42H,4-5,20-21,23H2,1-3H3/t24-,30-,31-,32+,33-,34?,38-/m0/s1. The predicted octanol–water partition coefficient (Wildman–Crippen LogP) is 5.45. The first kappa shape index (κ1) is 31.5. The van der Waals surface area contributed by atoms with Gasteiger partial charge in [0, 0.05) is 29.7 Å². The first-order valence-corrected chi connectivity index (χ1v) is 17.5. The van der Waals surface area contributed by atoms with E-state index in [0.717, 1.165) is 34.3 Å². The highest BCUT2D eigenvalue weighted by Crippen LogP contribution is 2.62. The van der Waals surface area contributed by atoms with Gasteiger partial charge in [-0.05, 0) is 60.0 Å².